The molecule has 3 rings (SSSR count). The van der Waals surface area contributed by atoms with Crippen LogP contribution in [0.15, 0.2) is 41.3 Å². The maximum atomic E-state index is 13.2. The average Bonchev–Trinajstić information content (AvgIpc) is 3.12. The topological polar surface area (TPSA) is 102 Å². The van der Waals surface area contributed by atoms with Crippen molar-refractivity contribution in [2.75, 3.05) is 19.5 Å². The first-order valence-corrected chi connectivity index (χ1v) is 10.8. The number of hydrogen-bond donors (Lipinski definition) is 1. The Morgan fingerprint density at radius 1 is 1.07 bits per heavy atom. The van der Waals surface area contributed by atoms with E-state index < -0.39 is 27.9 Å². The van der Waals surface area contributed by atoms with Crippen LogP contribution in [0.1, 0.15) is 24.0 Å². The molecule has 9 heteroatoms. The second-order valence-corrected chi connectivity index (χ2v) is 8.87. The highest BCUT2D eigenvalue weighted by atomic mass is 32.2. The number of rotatable bonds is 6. The largest absolute Gasteiger partial charge is 0.497 e. The molecule has 8 nitrogen and oxygen atoms in total. The summed E-state index contributed by atoms with van der Waals surface area (Å²) in [6.07, 6.45) is 0.0679. The molecule has 1 heterocycles. The highest BCUT2D eigenvalue weighted by Gasteiger charge is 2.44. The zero-order chi connectivity index (χ0) is 22.1. The van der Waals surface area contributed by atoms with Gasteiger partial charge in [-0.1, -0.05) is 6.07 Å². The molecular formula is C21H24N2O6S. The SMILES string of the molecule is COc1ccc(OC)c(NC(=O)C2CCC(=O)N2S(=O)(=O)c2ccc(C)c(C)c2)c1. The molecule has 0 radical (unpaired) electrons. The number of anilines is 1. The van der Waals surface area contributed by atoms with E-state index in [1.807, 2.05) is 6.92 Å². The van der Waals surface area contributed by atoms with Crippen LogP contribution in [-0.2, 0) is 19.6 Å². The van der Waals surface area contributed by atoms with Crippen molar-refractivity contribution in [3.63, 3.8) is 0 Å². The molecule has 2 aromatic rings. The molecule has 1 aliphatic rings. The van der Waals surface area contributed by atoms with Crippen LogP contribution in [0.25, 0.3) is 0 Å². The molecule has 1 unspecified atom stereocenters. The number of nitrogens with one attached hydrogen (secondary N) is 1. The Morgan fingerprint density at radius 2 is 1.80 bits per heavy atom. The monoisotopic (exact) mass is 432 g/mol. The van der Waals surface area contributed by atoms with Crippen molar-refractivity contribution >= 4 is 27.5 Å². The van der Waals surface area contributed by atoms with Gasteiger partial charge >= 0.3 is 0 Å². The number of methoxy groups -OCH3 is 2. The molecule has 1 atom stereocenters. The van der Waals surface area contributed by atoms with Gasteiger partial charge in [0.25, 0.3) is 10.0 Å². The fraction of sp³-hybridized carbons (Fsp3) is 0.333. The Kier molecular flexibility index (Phi) is 6.02. The van der Waals surface area contributed by atoms with Gasteiger partial charge in [0.15, 0.2) is 0 Å². The van der Waals surface area contributed by atoms with Crippen molar-refractivity contribution in [2.45, 2.75) is 37.6 Å². The molecule has 2 aromatic carbocycles. The lowest BCUT2D eigenvalue weighted by Gasteiger charge is -2.24. The standard InChI is InChI=1S/C21H24N2O6S/c1-13-5-7-16(11-14(13)2)30(26,27)23-18(8-10-20(23)24)21(25)22-17-12-15(28-3)6-9-19(17)29-4/h5-7,9,11-12,18H,8,10H2,1-4H3,(H,22,25). The maximum Gasteiger partial charge on any atom is 0.267 e. The van der Waals surface area contributed by atoms with Crippen LogP contribution < -0.4 is 14.8 Å². The van der Waals surface area contributed by atoms with Crippen LogP contribution >= 0.6 is 0 Å². The average molecular weight is 432 g/mol. The van der Waals surface area contributed by atoms with Crippen LogP contribution in [-0.4, -0.2) is 44.8 Å². The van der Waals surface area contributed by atoms with Gasteiger partial charge in [0.05, 0.1) is 24.8 Å². The highest BCUT2D eigenvalue weighted by Crippen LogP contribution is 2.32. The molecule has 0 bridgehead atoms. The lowest BCUT2D eigenvalue weighted by Crippen LogP contribution is -2.45. The minimum absolute atomic E-state index is 0.0161. The Labute approximate surface area is 175 Å². The zero-order valence-electron chi connectivity index (χ0n) is 17.3. The van der Waals surface area contributed by atoms with Crippen molar-refractivity contribution in [1.29, 1.82) is 0 Å². The number of nitrogens with zero attached hydrogens (tertiary/aromatic N) is 1. The summed E-state index contributed by atoms with van der Waals surface area (Å²) in [5.74, 6) is -0.337. The van der Waals surface area contributed by atoms with Crippen molar-refractivity contribution < 1.29 is 27.5 Å². The number of carbonyl (C=O) groups excluding carboxylic acids is 2. The van der Waals surface area contributed by atoms with Gasteiger partial charge in [-0.2, -0.15) is 0 Å². The summed E-state index contributed by atoms with van der Waals surface area (Å²) >= 11 is 0. The van der Waals surface area contributed by atoms with Crippen LogP contribution in [0.4, 0.5) is 5.69 Å². The van der Waals surface area contributed by atoms with E-state index in [1.54, 1.807) is 31.2 Å². The summed E-state index contributed by atoms with van der Waals surface area (Å²) in [6, 6.07) is 8.34. The molecule has 1 saturated heterocycles. The van der Waals surface area contributed by atoms with Crippen LogP contribution in [0.3, 0.4) is 0 Å². The van der Waals surface area contributed by atoms with Gasteiger partial charge in [0.1, 0.15) is 17.5 Å². The number of sulfonamides is 1. The molecule has 30 heavy (non-hydrogen) atoms. The molecule has 0 saturated carbocycles. The van der Waals surface area contributed by atoms with Crippen LogP contribution in [0.5, 0.6) is 11.5 Å². The fourth-order valence-electron chi connectivity index (χ4n) is 3.32. The summed E-state index contributed by atoms with van der Waals surface area (Å²) in [7, 11) is -1.24. The first-order valence-electron chi connectivity index (χ1n) is 9.36. The van der Waals surface area contributed by atoms with E-state index in [2.05, 4.69) is 5.32 Å². The molecule has 0 aliphatic carbocycles. The number of amides is 2. The van der Waals surface area contributed by atoms with E-state index in [4.69, 9.17) is 9.47 Å². The van der Waals surface area contributed by atoms with E-state index in [0.717, 1.165) is 11.1 Å². The van der Waals surface area contributed by atoms with Crippen molar-refractivity contribution in [3.05, 3.63) is 47.5 Å². The van der Waals surface area contributed by atoms with E-state index in [0.29, 0.717) is 21.5 Å². The Hall–Kier alpha value is -3.07. The molecule has 2 amide bonds. The number of benzene rings is 2. The van der Waals surface area contributed by atoms with Gasteiger partial charge in [-0.25, -0.2) is 12.7 Å². The molecule has 160 valence electrons. The van der Waals surface area contributed by atoms with Crippen molar-refractivity contribution in [1.82, 2.24) is 4.31 Å². The van der Waals surface area contributed by atoms with Gasteiger partial charge in [-0.05, 0) is 55.7 Å². The van der Waals surface area contributed by atoms with Gasteiger partial charge < -0.3 is 14.8 Å². The smallest absolute Gasteiger partial charge is 0.267 e. The minimum atomic E-state index is -4.18. The third-order valence-corrected chi connectivity index (χ3v) is 6.99. The molecule has 0 aromatic heterocycles. The summed E-state index contributed by atoms with van der Waals surface area (Å²) < 4.78 is 37.5. The predicted molar refractivity (Wildman–Crippen MR) is 111 cm³/mol. The molecule has 0 spiro atoms. The minimum Gasteiger partial charge on any atom is -0.497 e. The quantitative estimate of drug-likeness (QED) is 0.753. The molecular weight excluding hydrogens is 408 g/mol. The first kappa shape index (κ1) is 21.6. The van der Waals surface area contributed by atoms with E-state index >= 15 is 0 Å². The molecule has 1 aliphatic heterocycles. The van der Waals surface area contributed by atoms with Gasteiger partial charge in [-0.3, -0.25) is 9.59 Å². The number of ether oxygens (including phenoxy) is 2. The van der Waals surface area contributed by atoms with Crippen molar-refractivity contribution in [2.24, 2.45) is 0 Å². The second kappa shape index (κ2) is 8.35. The highest BCUT2D eigenvalue weighted by molar-refractivity contribution is 7.89. The first-order chi connectivity index (χ1) is 14.2. The van der Waals surface area contributed by atoms with E-state index in [-0.39, 0.29) is 17.7 Å². The fourth-order valence-corrected chi connectivity index (χ4v) is 5.00. The van der Waals surface area contributed by atoms with Gasteiger partial charge in [0.2, 0.25) is 11.8 Å². The summed E-state index contributed by atoms with van der Waals surface area (Å²) in [5, 5.41) is 2.67. The zero-order valence-corrected chi connectivity index (χ0v) is 18.1. The van der Waals surface area contributed by atoms with Crippen LogP contribution in [0, 0.1) is 13.8 Å². The number of hydrogen-bond acceptors (Lipinski definition) is 6. The lowest BCUT2D eigenvalue weighted by molar-refractivity contribution is -0.128. The second-order valence-electron chi connectivity index (χ2n) is 7.05. The molecule has 1 N–H and O–H groups in total. The third kappa shape index (κ3) is 3.97. The van der Waals surface area contributed by atoms with Gasteiger partial charge in [0, 0.05) is 12.5 Å². The molecule has 1 fully saturated rings. The number of carbonyl (C=O) groups is 2. The summed E-state index contributed by atoms with van der Waals surface area (Å²) in [5.41, 5.74) is 2.04. The van der Waals surface area contributed by atoms with Crippen LogP contribution in [0.2, 0.25) is 0 Å². The summed E-state index contributed by atoms with van der Waals surface area (Å²) in [4.78, 5) is 25.4. The number of aryl methyl sites for hydroxylation is 2. The Balaban J connectivity index is 1.93. The Bertz CT molecular complexity index is 1100. The van der Waals surface area contributed by atoms with Crippen molar-refractivity contribution in [3.8, 4) is 11.5 Å². The third-order valence-electron chi connectivity index (χ3n) is 5.16. The van der Waals surface area contributed by atoms with Gasteiger partial charge in [-0.15, -0.1) is 0 Å². The van der Waals surface area contributed by atoms with E-state index in [9.17, 15) is 18.0 Å². The maximum absolute atomic E-state index is 13.2. The lowest BCUT2D eigenvalue weighted by atomic mass is 10.1. The Morgan fingerprint density at radius 3 is 2.43 bits per heavy atom. The normalized spacial score (nSPS) is 16.5. The van der Waals surface area contributed by atoms with E-state index in [1.165, 1.54) is 26.4 Å². The predicted octanol–water partition coefficient (Wildman–Crippen LogP) is 2.64. The summed E-state index contributed by atoms with van der Waals surface area (Å²) in [6.45, 7) is 3.66.